The molecule has 0 aromatic carbocycles. The Hall–Kier alpha value is -0.610. The first kappa shape index (κ1) is 13.8. The SMILES string of the molecule is Cc1nc(N2CCCC(C(C)C)CC2)sc1CN. The molecule has 1 unspecified atom stereocenters. The lowest BCUT2D eigenvalue weighted by Crippen LogP contribution is -2.24. The van der Waals surface area contributed by atoms with Crippen LogP contribution >= 0.6 is 11.3 Å². The van der Waals surface area contributed by atoms with Gasteiger partial charge < -0.3 is 10.6 Å². The number of hydrogen-bond acceptors (Lipinski definition) is 4. The Morgan fingerprint density at radius 2 is 2.17 bits per heavy atom. The van der Waals surface area contributed by atoms with E-state index in [4.69, 9.17) is 5.73 Å². The highest BCUT2D eigenvalue weighted by molar-refractivity contribution is 7.15. The first-order valence-corrected chi connectivity index (χ1v) is 7.84. The lowest BCUT2D eigenvalue weighted by Gasteiger charge is -2.20. The van der Waals surface area contributed by atoms with Crippen molar-refractivity contribution >= 4 is 16.5 Å². The molecule has 0 saturated carbocycles. The van der Waals surface area contributed by atoms with Crippen LogP contribution in [0.5, 0.6) is 0 Å². The zero-order chi connectivity index (χ0) is 13.1. The van der Waals surface area contributed by atoms with E-state index in [1.807, 2.05) is 0 Å². The van der Waals surface area contributed by atoms with E-state index in [1.54, 1.807) is 11.3 Å². The van der Waals surface area contributed by atoms with E-state index in [0.717, 1.165) is 30.6 Å². The zero-order valence-corrected chi connectivity index (χ0v) is 12.6. The second-order valence-corrected chi connectivity index (χ2v) is 6.69. The van der Waals surface area contributed by atoms with Gasteiger partial charge in [0.15, 0.2) is 5.13 Å². The quantitative estimate of drug-likeness (QED) is 0.914. The van der Waals surface area contributed by atoms with E-state index in [-0.39, 0.29) is 0 Å². The maximum Gasteiger partial charge on any atom is 0.185 e. The predicted molar refractivity (Wildman–Crippen MR) is 79.1 cm³/mol. The lowest BCUT2D eigenvalue weighted by molar-refractivity contribution is 0.351. The second-order valence-electron chi connectivity index (χ2n) is 5.63. The molecule has 0 amide bonds. The molecule has 1 atom stereocenters. The van der Waals surface area contributed by atoms with Crippen LogP contribution in [0.1, 0.15) is 43.7 Å². The van der Waals surface area contributed by atoms with E-state index < -0.39 is 0 Å². The van der Waals surface area contributed by atoms with Gasteiger partial charge in [-0.25, -0.2) is 4.98 Å². The maximum absolute atomic E-state index is 5.74. The molecule has 1 aliphatic rings. The third-order valence-corrected chi connectivity index (χ3v) is 5.29. The van der Waals surface area contributed by atoms with E-state index in [9.17, 15) is 0 Å². The molecule has 4 heteroatoms. The Kier molecular flexibility index (Phi) is 4.62. The van der Waals surface area contributed by atoms with Crippen molar-refractivity contribution in [1.82, 2.24) is 4.98 Å². The van der Waals surface area contributed by atoms with E-state index in [0.29, 0.717) is 6.54 Å². The number of nitrogens with two attached hydrogens (primary N) is 1. The topological polar surface area (TPSA) is 42.2 Å². The average Bonchev–Trinajstić information content (AvgIpc) is 2.58. The van der Waals surface area contributed by atoms with Gasteiger partial charge in [0, 0.05) is 24.5 Å². The number of anilines is 1. The fourth-order valence-corrected chi connectivity index (χ4v) is 3.71. The Morgan fingerprint density at radius 1 is 1.39 bits per heavy atom. The molecule has 1 saturated heterocycles. The highest BCUT2D eigenvalue weighted by atomic mass is 32.1. The molecule has 1 aliphatic heterocycles. The van der Waals surface area contributed by atoms with Crippen molar-refractivity contribution in [1.29, 1.82) is 0 Å². The van der Waals surface area contributed by atoms with Crippen LogP contribution in [-0.2, 0) is 6.54 Å². The van der Waals surface area contributed by atoms with Gasteiger partial charge in [-0.05, 0) is 38.0 Å². The molecule has 1 aromatic rings. The number of hydrogen-bond donors (Lipinski definition) is 1. The molecule has 0 aliphatic carbocycles. The van der Waals surface area contributed by atoms with Crippen LogP contribution in [0.25, 0.3) is 0 Å². The molecule has 2 rings (SSSR count). The normalized spacial score (nSPS) is 21.4. The molecule has 2 N–H and O–H groups in total. The summed E-state index contributed by atoms with van der Waals surface area (Å²) >= 11 is 1.77. The predicted octanol–water partition coefficient (Wildman–Crippen LogP) is 3.17. The summed E-state index contributed by atoms with van der Waals surface area (Å²) in [5.74, 6) is 1.69. The van der Waals surface area contributed by atoms with Gasteiger partial charge in [0.25, 0.3) is 0 Å². The zero-order valence-electron chi connectivity index (χ0n) is 11.8. The number of thiazole rings is 1. The standard InChI is InChI=1S/C14H25N3S/c1-10(2)12-5-4-7-17(8-6-12)14-16-11(3)13(9-15)18-14/h10,12H,4-9,15H2,1-3H3. The van der Waals surface area contributed by atoms with Gasteiger partial charge in [-0.15, -0.1) is 11.3 Å². The molecule has 18 heavy (non-hydrogen) atoms. The minimum Gasteiger partial charge on any atom is -0.348 e. The summed E-state index contributed by atoms with van der Waals surface area (Å²) in [4.78, 5) is 8.37. The van der Waals surface area contributed by atoms with Crippen molar-refractivity contribution in [3.05, 3.63) is 10.6 Å². The van der Waals surface area contributed by atoms with Gasteiger partial charge in [0.1, 0.15) is 0 Å². The Bertz CT molecular complexity index is 386. The molecule has 0 spiro atoms. The number of nitrogens with zero attached hydrogens (tertiary/aromatic N) is 2. The maximum atomic E-state index is 5.74. The van der Waals surface area contributed by atoms with Crippen molar-refractivity contribution < 1.29 is 0 Å². The fourth-order valence-electron chi connectivity index (χ4n) is 2.72. The average molecular weight is 267 g/mol. The molecule has 1 aromatic heterocycles. The number of aryl methyl sites for hydroxylation is 1. The molecule has 102 valence electrons. The van der Waals surface area contributed by atoms with Gasteiger partial charge in [0.05, 0.1) is 5.69 Å². The van der Waals surface area contributed by atoms with Crippen LogP contribution in [-0.4, -0.2) is 18.1 Å². The highest BCUT2D eigenvalue weighted by Crippen LogP contribution is 2.30. The minimum atomic E-state index is 0.617. The Balaban J connectivity index is 2.05. The summed E-state index contributed by atoms with van der Waals surface area (Å²) in [5, 5.41) is 1.18. The first-order valence-electron chi connectivity index (χ1n) is 7.03. The number of rotatable bonds is 3. The fraction of sp³-hybridized carbons (Fsp3) is 0.786. The highest BCUT2D eigenvalue weighted by Gasteiger charge is 2.21. The van der Waals surface area contributed by atoms with E-state index in [2.05, 4.69) is 30.7 Å². The summed E-state index contributed by atoms with van der Waals surface area (Å²) in [6.07, 6.45) is 3.95. The molecular formula is C14H25N3S. The Morgan fingerprint density at radius 3 is 2.78 bits per heavy atom. The monoisotopic (exact) mass is 267 g/mol. The molecule has 0 bridgehead atoms. The van der Waals surface area contributed by atoms with Crippen molar-refractivity contribution in [2.75, 3.05) is 18.0 Å². The lowest BCUT2D eigenvalue weighted by atomic mass is 9.89. The van der Waals surface area contributed by atoms with E-state index in [1.165, 1.54) is 29.3 Å². The molecule has 1 fully saturated rings. The van der Waals surface area contributed by atoms with E-state index >= 15 is 0 Å². The van der Waals surface area contributed by atoms with Crippen LogP contribution in [0, 0.1) is 18.8 Å². The molecular weight excluding hydrogens is 242 g/mol. The van der Waals surface area contributed by atoms with Gasteiger partial charge in [0.2, 0.25) is 0 Å². The van der Waals surface area contributed by atoms with Crippen molar-refractivity contribution in [2.24, 2.45) is 17.6 Å². The molecule has 3 nitrogen and oxygen atoms in total. The summed E-state index contributed by atoms with van der Waals surface area (Å²) in [6, 6.07) is 0. The van der Waals surface area contributed by atoms with Crippen LogP contribution in [0.2, 0.25) is 0 Å². The second kappa shape index (κ2) is 6.02. The first-order chi connectivity index (χ1) is 8.61. The van der Waals surface area contributed by atoms with Crippen LogP contribution < -0.4 is 10.6 Å². The summed E-state index contributed by atoms with van der Waals surface area (Å²) in [5.41, 5.74) is 6.85. The molecule has 2 heterocycles. The minimum absolute atomic E-state index is 0.617. The summed E-state index contributed by atoms with van der Waals surface area (Å²) < 4.78 is 0. The van der Waals surface area contributed by atoms with Crippen molar-refractivity contribution in [2.45, 2.75) is 46.6 Å². The van der Waals surface area contributed by atoms with Crippen LogP contribution in [0.15, 0.2) is 0 Å². The summed E-state index contributed by atoms with van der Waals surface area (Å²) in [7, 11) is 0. The number of aromatic nitrogens is 1. The van der Waals surface area contributed by atoms with Gasteiger partial charge in [-0.2, -0.15) is 0 Å². The summed E-state index contributed by atoms with van der Waals surface area (Å²) in [6.45, 7) is 9.68. The molecule has 0 radical (unpaired) electrons. The third-order valence-electron chi connectivity index (χ3n) is 4.05. The van der Waals surface area contributed by atoms with Crippen LogP contribution in [0.4, 0.5) is 5.13 Å². The van der Waals surface area contributed by atoms with Gasteiger partial charge in [-0.3, -0.25) is 0 Å². The largest absolute Gasteiger partial charge is 0.348 e. The van der Waals surface area contributed by atoms with Gasteiger partial charge >= 0.3 is 0 Å². The smallest absolute Gasteiger partial charge is 0.185 e. The Labute approximate surface area is 114 Å². The van der Waals surface area contributed by atoms with Gasteiger partial charge in [-0.1, -0.05) is 13.8 Å². The van der Waals surface area contributed by atoms with Crippen molar-refractivity contribution in [3.63, 3.8) is 0 Å². The van der Waals surface area contributed by atoms with Crippen molar-refractivity contribution in [3.8, 4) is 0 Å². The third kappa shape index (κ3) is 3.04. The van der Waals surface area contributed by atoms with Crippen LogP contribution in [0.3, 0.4) is 0 Å².